The van der Waals surface area contributed by atoms with Gasteiger partial charge in [0, 0.05) is 15.6 Å². The summed E-state index contributed by atoms with van der Waals surface area (Å²) in [6.07, 6.45) is 3.13. The molecule has 0 saturated carbocycles. The van der Waals surface area contributed by atoms with Crippen molar-refractivity contribution in [3.05, 3.63) is 51.8 Å². The van der Waals surface area contributed by atoms with Gasteiger partial charge < -0.3 is 4.74 Å². The quantitative estimate of drug-likeness (QED) is 0.632. The zero-order chi connectivity index (χ0) is 16.3. The van der Waals surface area contributed by atoms with Gasteiger partial charge in [0.25, 0.3) is 0 Å². The summed E-state index contributed by atoms with van der Waals surface area (Å²) < 4.78 is 6.30. The van der Waals surface area contributed by atoms with E-state index in [1.807, 2.05) is 30.3 Å². The van der Waals surface area contributed by atoms with Gasteiger partial charge in [-0.25, -0.2) is 4.98 Å². The summed E-state index contributed by atoms with van der Waals surface area (Å²) in [7, 11) is 1.64. The van der Waals surface area contributed by atoms with E-state index in [1.165, 1.54) is 0 Å². The molecule has 2 nitrogen and oxygen atoms in total. The minimum absolute atomic E-state index is 0.233. The lowest BCUT2D eigenvalue weighted by molar-refractivity contribution is 0.387. The van der Waals surface area contributed by atoms with Crippen LogP contribution in [0.5, 0.6) is 5.88 Å². The predicted octanol–water partition coefficient (Wildman–Crippen LogP) is 6.16. The van der Waals surface area contributed by atoms with Crippen molar-refractivity contribution < 1.29 is 4.74 Å². The van der Waals surface area contributed by atoms with Crippen LogP contribution in [0.2, 0.25) is 5.02 Å². The van der Waals surface area contributed by atoms with Crippen LogP contribution in [-0.4, -0.2) is 12.1 Å². The second kappa shape index (κ2) is 7.01. The van der Waals surface area contributed by atoms with Gasteiger partial charge in [-0.2, -0.15) is 0 Å². The van der Waals surface area contributed by atoms with Gasteiger partial charge in [-0.3, -0.25) is 0 Å². The molecule has 2 aromatic rings. The molecule has 2 rings (SSSR count). The average Bonchev–Trinajstić information content (AvgIpc) is 2.47. The molecular weight excluding hydrogens is 362 g/mol. The molecule has 0 N–H and O–H groups in total. The number of rotatable bonds is 4. The number of aromatic nitrogens is 1. The third-order valence-electron chi connectivity index (χ3n) is 3.24. The van der Waals surface area contributed by atoms with Crippen molar-refractivity contribution >= 4 is 27.5 Å². The molecule has 0 aliphatic heterocycles. The second-order valence-corrected chi connectivity index (χ2v) is 7.60. The Morgan fingerprint density at radius 1 is 1.23 bits per heavy atom. The Labute approximate surface area is 146 Å². The first-order valence-corrected chi connectivity index (χ1v) is 8.31. The lowest BCUT2D eigenvalue weighted by Crippen LogP contribution is -2.06. The number of hydrogen-bond acceptors (Lipinski definition) is 2. The number of halogens is 2. The van der Waals surface area contributed by atoms with Crippen molar-refractivity contribution in [3.8, 4) is 17.1 Å². The number of ether oxygens (including phenoxy) is 1. The molecule has 0 bridgehead atoms. The Hall–Kier alpha value is -1.06. The van der Waals surface area contributed by atoms with Gasteiger partial charge in [0.15, 0.2) is 0 Å². The smallest absolute Gasteiger partial charge is 0.217 e. The maximum Gasteiger partial charge on any atom is 0.217 e. The fourth-order valence-electron chi connectivity index (χ4n) is 2.04. The first kappa shape index (κ1) is 17.3. The molecule has 1 heterocycles. The Kier molecular flexibility index (Phi) is 5.51. The first-order valence-electron chi connectivity index (χ1n) is 7.14. The molecular formula is C18H20BrClNO. The molecule has 1 aromatic carbocycles. The summed E-state index contributed by atoms with van der Waals surface area (Å²) in [6.45, 7) is 6.62. The molecule has 22 heavy (non-hydrogen) atoms. The van der Waals surface area contributed by atoms with E-state index in [2.05, 4.69) is 48.1 Å². The molecule has 0 atom stereocenters. The highest BCUT2D eigenvalue weighted by Crippen LogP contribution is 2.35. The van der Waals surface area contributed by atoms with Crippen LogP contribution in [0.3, 0.4) is 0 Å². The largest absolute Gasteiger partial charge is 0.481 e. The molecule has 0 fully saturated rings. The van der Waals surface area contributed by atoms with Crippen LogP contribution in [0.1, 0.15) is 32.8 Å². The summed E-state index contributed by atoms with van der Waals surface area (Å²) in [5, 5.41) is 0.656. The lowest BCUT2D eigenvalue weighted by atomic mass is 9.89. The summed E-state index contributed by atoms with van der Waals surface area (Å²) >= 11 is 9.79. The fourth-order valence-corrected chi connectivity index (χ4v) is 2.63. The van der Waals surface area contributed by atoms with E-state index in [4.69, 9.17) is 16.3 Å². The molecule has 0 aliphatic rings. The highest BCUT2D eigenvalue weighted by molar-refractivity contribution is 9.10. The fraction of sp³-hybridized carbons (Fsp3) is 0.333. The van der Waals surface area contributed by atoms with Crippen LogP contribution in [0.15, 0.2) is 34.8 Å². The van der Waals surface area contributed by atoms with Crippen molar-refractivity contribution in [1.82, 2.24) is 4.98 Å². The van der Waals surface area contributed by atoms with E-state index >= 15 is 0 Å². The maximum atomic E-state index is 6.35. The normalized spacial score (nSPS) is 11.5. The summed E-state index contributed by atoms with van der Waals surface area (Å²) in [5.74, 6) is 0.623. The van der Waals surface area contributed by atoms with Gasteiger partial charge in [-0.1, -0.05) is 50.6 Å². The van der Waals surface area contributed by atoms with Crippen LogP contribution in [0, 0.1) is 11.8 Å². The second-order valence-electron chi connectivity index (χ2n) is 6.37. The van der Waals surface area contributed by atoms with Crippen molar-refractivity contribution in [2.75, 3.05) is 7.11 Å². The zero-order valence-electron chi connectivity index (χ0n) is 13.3. The molecule has 0 amide bonds. The number of methoxy groups -OCH3 is 1. The molecule has 4 heteroatoms. The van der Waals surface area contributed by atoms with Gasteiger partial charge in [0.2, 0.25) is 5.88 Å². The molecule has 1 aromatic heterocycles. The van der Waals surface area contributed by atoms with E-state index in [-0.39, 0.29) is 5.41 Å². The number of nitrogens with zero attached hydrogens (tertiary/aromatic N) is 1. The number of pyridine rings is 1. The van der Waals surface area contributed by atoms with Crippen molar-refractivity contribution in [3.63, 3.8) is 0 Å². The monoisotopic (exact) mass is 380 g/mol. The minimum Gasteiger partial charge on any atom is -0.481 e. The van der Waals surface area contributed by atoms with Gasteiger partial charge in [0.1, 0.15) is 0 Å². The molecule has 0 saturated heterocycles. The van der Waals surface area contributed by atoms with Gasteiger partial charge in [-0.05, 0) is 46.3 Å². The van der Waals surface area contributed by atoms with E-state index in [1.54, 1.807) is 7.11 Å². The van der Waals surface area contributed by atoms with Crippen molar-refractivity contribution in [2.45, 2.75) is 27.2 Å². The van der Waals surface area contributed by atoms with Crippen LogP contribution >= 0.6 is 27.5 Å². The van der Waals surface area contributed by atoms with E-state index in [0.717, 1.165) is 27.7 Å². The van der Waals surface area contributed by atoms with Crippen LogP contribution < -0.4 is 4.74 Å². The third-order valence-corrected chi connectivity index (χ3v) is 4.54. The SMILES string of the molecule is COc1nc(-c2cccc(Br)c2Cl)ccc1[CH]CC(C)(C)C. The molecule has 0 spiro atoms. The predicted molar refractivity (Wildman–Crippen MR) is 96.4 cm³/mol. The van der Waals surface area contributed by atoms with Gasteiger partial charge in [-0.15, -0.1) is 0 Å². The molecule has 1 radical (unpaired) electrons. The highest BCUT2D eigenvalue weighted by atomic mass is 79.9. The molecule has 0 aliphatic carbocycles. The van der Waals surface area contributed by atoms with Gasteiger partial charge in [0.05, 0.1) is 17.8 Å². The Morgan fingerprint density at radius 3 is 2.59 bits per heavy atom. The lowest BCUT2D eigenvalue weighted by Gasteiger charge is -2.18. The highest BCUT2D eigenvalue weighted by Gasteiger charge is 2.15. The standard InChI is InChI=1S/C18H20BrClNO/c1-18(2,3)11-10-12-8-9-15(21-17(12)22-4)13-6-5-7-14(19)16(13)20/h5-10H,11H2,1-4H3. The van der Waals surface area contributed by atoms with Crippen LogP contribution in [-0.2, 0) is 0 Å². The minimum atomic E-state index is 0.233. The van der Waals surface area contributed by atoms with Crippen LogP contribution in [0.4, 0.5) is 0 Å². The van der Waals surface area contributed by atoms with Crippen molar-refractivity contribution in [1.29, 1.82) is 0 Å². The van der Waals surface area contributed by atoms with E-state index in [0.29, 0.717) is 10.9 Å². The van der Waals surface area contributed by atoms with E-state index in [9.17, 15) is 0 Å². The zero-order valence-corrected chi connectivity index (χ0v) is 15.6. The first-order chi connectivity index (χ1) is 10.3. The maximum absolute atomic E-state index is 6.35. The average molecular weight is 382 g/mol. The number of hydrogen-bond donors (Lipinski definition) is 0. The Balaban J connectivity index is 2.35. The summed E-state index contributed by atoms with van der Waals surface area (Å²) in [4.78, 5) is 4.61. The number of benzene rings is 1. The summed E-state index contributed by atoms with van der Waals surface area (Å²) in [6, 6.07) is 9.82. The Morgan fingerprint density at radius 2 is 1.95 bits per heavy atom. The molecule has 117 valence electrons. The van der Waals surface area contributed by atoms with Crippen molar-refractivity contribution in [2.24, 2.45) is 5.41 Å². The van der Waals surface area contributed by atoms with Gasteiger partial charge >= 0.3 is 0 Å². The third kappa shape index (κ3) is 4.23. The molecule has 0 unspecified atom stereocenters. The Bertz CT molecular complexity index is 665. The van der Waals surface area contributed by atoms with E-state index < -0.39 is 0 Å². The topological polar surface area (TPSA) is 22.1 Å². The van der Waals surface area contributed by atoms with Crippen LogP contribution in [0.25, 0.3) is 11.3 Å². The summed E-state index contributed by atoms with van der Waals surface area (Å²) in [5.41, 5.74) is 2.93.